The number of hydrogen-bond donors (Lipinski definition) is 3. The van der Waals surface area contributed by atoms with Crippen molar-refractivity contribution in [1.29, 1.82) is 0 Å². The Bertz CT molecular complexity index is 950. The van der Waals surface area contributed by atoms with Gasteiger partial charge in [-0.15, -0.1) is 11.3 Å². The van der Waals surface area contributed by atoms with Crippen LogP contribution in [-0.4, -0.2) is 24.1 Å². The molecule has 0 radical (unpaired) electrons. The fraction of sp³-hybridized carbons (Fsp3) is 0.263. The quantitative estimate of drug-likeness (QED) is 0.545. The monoisotopic (exact) mass is 373 g/mol. The molecule has 0 bridgehead atoms. The summed E-state index contributed by atoms with van der Waals surface area (Å²) in [5, 5.41) is 15.3. The molecule has 3 N–H and O–H groups in total. The highest BCUT2D eigenvalue weighted by molar-refractivity contribution is 7.09. The normalized spacial score (nSPS) is 12.2. The summed E-state index contributed by atoms with van der Waals surface area (Å²) < 4.78 is 5.16. The van der Waals surface area contributed by atoms with Gasteiger partial charge in [-0.05, 0) is 30.5 Å². The van der Waals surface area contributed by atoms with Gasteiger partial charge >= 0.3 is 5.63 Å². The molecule has 3 aromatic rings. The van der Waals surface area contributed by atoms with Gasteiger partial charge < -0.3 is 19.7 Å². The first-order valence-corrected chi connectivity index (χ1v) is 9.31. The Balaban J connectivity index is 1.70. The van der Waals surface area contributed by atoms with Crippen LogP contribution in [0, 0.1) is 0 Å². The summed E-state index contributed by atoms with van der Waals surface area (Å²) in [5.41, 5.74) is 0.694. The minimum absolute atomic E-state index is 0.0276. The molecule has 6 nitrogen and oxygen atoms in total. The number of thiophene rings is 1. The molecule has 0 spiro atoms. The van der Waals surface area contributed by atoms with Crippen LogP contribution in [0.5, 0.6) is 5.75 Å². The molecule has 3 rings (SSSR count). The third-order valence-electron chi connectivity index (χ3n) is 4.20. The SMILES string of the molecule is CC[NH+](CC(=O)NCc1cccs1)Cc1cc(=O)oc2cc(O)ccc12. The number of hydrogen-bond acceptors (Lipinski definition) is 5. The van der Waals surface area contributed by atoms with Crippen LogP contribution >= 0.6 is 11.3 Å². The Labute approximate surface area is 154 Å². The van der Waals surface area contributed by atoms with Crippen molar-refractivity contribution >= 4 is 28.2 Å². The molecule has 1 amide bonds. The van der Waals surface area contributed by atoms with Crippen LogP contribution in [0.3, 0.4) is 0 Å². The van der Waals surface area contributed by atoms with Gasteiger partial charge in [-0.3, -0.25) is 4.79 Å². The van der Waals surface area contributed by atoms with Crippen LogP contribution in [0.1, 0.15) is 17.4 Å². The van der Waals surface area contributed by atoms with E-state index in [0.29, 0.717) is 25.2 Å². The number of nitrogens with one attached hydrogen (secondary N) is 2. The van der Waals surface area contributed by atoms with Gasteiger partial charge in [-0.1, -0.05) is 6.07 Å². The predicted molar refractivity (Wildman–Crippen MR) is 100 cm³/mol. The van der Waals surface area contributed by atoms with Gasteiger partial charge in [0.2, 0.25) is 0 Å². The minimum Gasteiger partial charge on any atom is -0.508 e. The van der Waals surface area contributed by atoms with E-state index in [2.05, 4.69) is 5.32 Å². The van der Waals surface area contributed by atoms with Crippen LogP contribution in [0.4, 0.5) is 0 Å². The van der Waals surface area contributed by atoms with E-state index < -0.39 is 5.63 Å². The van der Waals surface area contributed by atoms with Crippen LogP contribution in [0.25, 0.3) is 11.0 Å². The number of carbonyl (C=O) groups is 1. The largest absolute Gasteiger partial charge is 0.508 e. The van der Waals surface area contributed by atoms with Crippen molar-refractivity contribution in [3.63, 3.8) is 0 Å². The zero-order valence-electron chi connectivity index (χ0n) is 14.5. The lowest BCUT2D eigenvalue weighted by Gasteiger charge is -2.18. The molecular formula is C19H21N2O4S+. The summed E-state index contributed by atoms with van der Waals surface area (Å²) in [5.74, 6) is 0.0191. The van der Waals surface area contributed by atoms with Crippen molar-refractivity contribution in [2.24, 2.45) is 0 Å². The van der Waals surface area contributed by atoms with Crippen LogP contribution < -0.4 is 15.8 Å². The molecule has 0 saturated carbocycles. The third-order valence-corrected chi connectivity index (χ3v) is 5.08. The smallest absolute Gasteiger partial charge is 0.336 e. The number of carbonyl (C=O) groups excluding carboxylic acids is 1. The molecule has 2 heterocycles. The maximum Gasteiger partial charge on any atom is 0.336 e. The van der Waals surface area contributed by atoms with Gasteiger partial charge in [0.15, 0.2) is 6.54 Å². The lowest BCUT2D eigenvalue weighted by Crippen LogP contribution is -3.11. The zero-order valence-corrected chi connectivity index (χ0v) is 15.3. The molecule has 0 aliphatic carbocycles. The predicted octanol–water partition coefficient (Wildman–Crippen LogP) is 1.28. The van der Waals surface area contributed by atoms with Gasteiger partial charge in [-0.25, -0.2) is 4.79 Å². The molecule has 1 atom stereocenters. The highest BCUT2D eigenvalue weighted by Crippen LogP contribution is 2.21. The maximum absolute atomic E-state index is 12.2. The number of amides is 1. The highest BCUT2D eigenvalue weighted by Gasteiger charge is 2.16. The number of quaternary nitrogens is 1. The zero-order chi connectivity index (χ0) is 18.5. The van der Waals surface area contributed by atoms with E-state index in [9.17, 15) is 14.7 Å². The van der Waals surface area contributed by atoms with Crippen molar-refractivity contribution < 1.29 is 19.2 Å². The van der Waals surface area contributed by atoms with E-state index in [-0.39, 0.29) is 11.7 Å². The second-order valence-corrected chi connectivity index (χ2v) is 7.12. The van der Waals surface area contributed by atoms with Crippen LogP contribution in [0.2, 0.25) is 0 Å². The average molecular weight is 373 g/mol. The van der Waals surface area contributed by atoms with Crippen molar-refractivity contribution in [2.45, 2.75) is 20.0 Å². The second kappa shape index (κ2) is 8.16. The van der Waals surface area contributed by atoms with Crippen molar-refractivity contribution in [2.75, 3.05) is 13.1 Å². The summed E-state index contributed by atoms with van der Waals surface area (Å²) >= 11 is 1.61. The topological polar surface area (TPSA) is 84.0 Å². The van der Waals surface area contributed by atoms with E-state index in [1.807, 2.05) is 24.4 Å². The van der Waals surface area contributed by atoms with E-state index in [1.54, 1.807) is 23.5 Å². The Hall–Kier alpha value is -2.64. The average Bonchev–Trinajstić information content (AvgIpc) is 3.12. The molecule has 136 valence electrons. The number of rotatable bonds is 7. The Morgan fingerprint density at radius 1 is 1.31 bits per heavy atom. The Morgan fingerprint density at radius 3 is 2.88 bits per heavy atom. The number of benzene rings is 1. The number of aromatic hydroxyl groups is 1. The summed E-state index contributed by atoms with van der Waals surface area (Å²) in [6.07, 6.45) is 0. The first-order valence-electron chi connectivity index (χ1n) is 8.43. The highest BCUT2D eigenvalue weighted by atomic mass is 32.1. The fourth-order valence-electron chi connectivity index (χ4n) is 2.84. The van der Waals surface area contributed by atoms with E-state index in [4.69, 9.17) is 4.42 Å². The molecule has 0 fully saturated rings. The molecule has 1 aromatic carbocycles. The fourth-order valence-corrected chi connectivity index (χ4v) is 3.48. The first-order chi connectivity index (χ1) is 12.5. The van der Waals surface area contributed by atoms with Crippen LogP contribution in [-0.2, 0) is 17.9 Å². The third kappa shape index (κ3) is 4.50. The van der Waals surface area contributed by atoms with Crippen LogP contribution in [0.15, 0.2) is 51.0 Å². The van der Waals surface area contributed by atoms with Crippen molar-refractivity contribution in [1.82, 2.24) is 5.32 Å². The van der Waals surface area contributed by atoms with E-state index in [1.165, 1.54) is 12.1 Å². The number of phenols is 1. The minimum atomic E-state index is -0.462. The van der Waals surface area contributed by atoms with Gasteiger partial charge in [-0.2, -0.15) is 0 Å². The lowest BCUT2D eigenvalue weighted by atomic mass is 10.1. The summed E-state index contributed by atoms with van der Waals surface area (Å²) in [7, 11) is 0. The molecule has 2 aromatic heterocycles. The molecule has 0 aliphatic rings. The molecule has 7 heteroatoms. The van der Waals surface area contributed by atoms with Gasteiger partial charge in [0, 0.05) is 28.0 Å². The molecule has 0 aliphatic heterocycles. The second-order valence-electron chi connectivity index (χ2n) is 6.08. The van der Waals surface area contributed by atoms with Gasteiger partial charge in [0.25, 0.3) is 5.91 Å². The number of likely N-dealkylation sites (N-methyl/N-ethyl adjacent to an activating group) is 1. The lowest BCUT2D eigenvalue weighted by molar-refractivity contribution is -0.904. The molecular weight excluding hydrogens is 352 g/mol. The summed E-state index contributed by atoms with van der Waals surface area (Å²) in [6.45, 7) is 4.12. The van der Waals surface area contributed by atoms with Crippen molar-refractivity contribution in [3.8, 4) is 5.75 Å². The number of phenolic OH excluding ortho intramolecular Hbond substituents is 1. The van der Waals surface area contributed by atoms with Crippen molar-refractivity contribution in [3.05, 3.63) is 62.6 Å². The van der Waals surface area contributed by atoms with E-state index in [0.717, 1.165) is 27.3 Å². The molecule has 0 saturated heterocycles. The molecule has 26 heavy (non-hydrogen) atoms. The van der Waals surface area contributed by atoms with Gasteiger partial charge in [0.1, 0.15) is 17.9 Å². The Kier molecular flexibility index (Phi) is 5.70. The molecule has 1 unspecified atom stereocenters. The standard InChI is InChI=1S/C19H20N2O4S/c1-2-21(12-18(23)20-10-15-4-3-7-26-15)11-13-8-19(24)25-17-9-14(22)5-6-16(13)17/h3-9,22H,2,10-12H2,1H3,(H,20,23)/p+1. The maximum atomic E-state index is 12.2. The summed E-state index contributed by atoms with van der Waals surface area (Å²) in [6, 6.07) is 10.1. The van der Waals surface area contributed by atoms with Gasteiger partial charge in [0.05, 0.1) is 13.1 Å². The number of fused-ring (bicyclic) bond motifs is 1. The summed E-state index contributed by atoms with van der Waals surface area (Å²) in [4.78, 5) is 26.2. The Morgan fingerprint density at radius 2 is 2.15 bits per heavy atom. The first kappa shape index (κ1) is 18.2. The van der Waals surface area contributed by atoms with E-state index >= 15 is 0 Å².